The topological polar surface area (TPSA) is 42.0 Å². The summed E-state index contributed by atoms with van der Waals surface area (Å²) in [5, 5.41) is 3.35. The smallest absolute Gasteiger partial charge is 0.254 e. The van der Waals surface area contributed by atoms with Gasteiger partial charge in [-0.3, -0.25) is 9.78 Å². The quantitative estimate of drug-likeness (QED) is 0.912. The van der Waals surface area contributed by atoms with Crippen LogP contribution >= 0.6 is 11.6 Å². The standard InChI is InChI=1S/C17H19ClN2O/c1-11(2)13-4-6-14(7-5-13)12(3)20-17(21)15-10-19-9-8-16(15)18/h4-12H,1-3H3,(H,20,21). The molecule has 2 aromatic rings. The first-order valence-corrected chi connectivity index (χ1v) is 7.37. The zero-order valence-electron chi connectivity index (χ0n) is 12.4. The maximum atomic E-state index is 12.2. The van der Waals surface area contributed by atoms with Crippen LogP contribution in [0, 0.1) is 0 Å². The highest BCUT2D eigenvalue weighted by molar-refractivity contribution is 6.33. The van der Waals surface area contributed by atoms with Crippen molar-refractivity contribution in [2.75, 3.05) is 0 Å². The number of nitrogens with zero attached hydrogens (tertiary/aromatic N) is 1. The van der Waals surface area contributed by atoms with E-state index in [0.717, 1.165) is 5.56 Å². The Labute approximate surface area is 130 Å². The third-order valence-corrected chi connectivity index (χ3v) is 3.79. The van der Waals surface area contributed by atoms with Crippen LogP contribution in [-0.4, -0.2) is 10.9 Å². The number of benzene rings is 1. The van der Waals surface area contributed by atoms with Crippen molar-refractivity contribution in [1.29, 1.82) is 0 Å². The number of hydrogen-bond acceptors (Lipinski definition) is 2. The maximum Gasteiger partial charge on any atom is 0.254 e. The highest BCUT2D eigenvalue weighted by Gasteiger charge is 2.14. The molecule has 4 heteroatoms. The highest BCUT2D eigenvalue weighted by atomic mass is 35.5. The van der Waals surface area contributed by atoms with Crippen molar-refractivity contribution in [3.63, 3.8) is 0 Å². The minimum atomic E-state index is -0.214. The molecule has 0 aliphatic heterocycles. The van der Waals surface area contributed by atoms with Crippen LogP contribution in [0.1, 0.15) is 54.2 Å². The molecular formula is C17H19ClN2O. The lowest BCUT2D eigenvalue weighted by atomic mass is 9.99. The first-order valence-electron chi connectivity index (χ1n) is 6.99. The van der Waals surface area contributed by atoms with Gasteiger partial charge < -0.3 is 5.32 Å². The van der Waals surface area contributed by atoms with Crippen molar-refractivity contribution in [2.45, 2.75) is 32.7 Å². The lowest BCUT2D eigenvalue weighted by Crippen LogP contribution is -2.27. The summed E-state index contributed by atoms with van der Waals surface area (Å²) in [5.74, 6) is 0.284. The van der Waals surface area contributed by atoms with E-state index in [1.807, 2.05) is 19.1 Å². The molecule has 0 saturated heterocycles. The molecule has 1 aromatic carbocycles. The number of hydrogen-bond donors (Lipinski definition) is 1. The minimum absolute atomic E-state index is 0.0880. The Morgan fingerprint density at radius 3 is 2.29 bits per heavy atom. The maximum absolute atomic E-state index is 12.2. The molecule has 2 rings (SSSR count). The molecule has 0 saturated carbocycles. The Morgan fingerprint density at radius 1 is 1.10 bits per heavy atom. The number of nitrogens with one attached hydrogen (secondary N) is 1. The van der Waals surface area contributed by atoms with Crippen LogP contribution in [0.25, 0.3) is 0 Å². The molecule has 1 unspecified atom stereocenters. The van der Waals surface area contributed by atoms with Crippen LogP contribution in [0.3, 0.4) is 0 Å². The van der Waals surface area contributed by atoms with Gasteiger partial charge in [0.05, 0.1) is 16.6 Å². The van der Waals surface area contributed by atoms with E-state index in [2.05, 4.69) is 36.3 Å². The Kier molecular flexibility index (Phi) is 4.97. The average molecular weight is 303 g/mol. The molecule has 0 aliphatic carbocycles. The molecule has 1 atom stereocenters. The fraction of sp³-hybridized carbons (Fsp3) is 0.294. The predicted molar refractivity (Wildman–Crippen MR) is 85.7 cm³/mol. The number of rotatable bonds is 4. The Hall–Kier alpha value is -1.87. The molecule has 1 amide bonds. The number of carbonyl (C=O) groups is 1. The molecule has 0 radical (unpaired) electrons. The third kappa shape index (κ3) is 3.82. The number of amides is 1. The van der Waals surface area contributed by atoms with Crippen LogP contribution in [0.15, 0.2) is 42.7 Å². The van der Waals surface area contributed by atoms with Crippen molar-refractivity contribution in [3.8, 4) is 0 Å². The number of pyridine rings is 1. The fourth-order valence-electron chi connectivity index (χ4n) is 2.07. The van der Waals surface area contributed by atoms with E-state index >= 15 is 0 Å². The van der Waals surface area contributed by atoms with Gasteiger partial charge in [-0.05, 0) is 30.0 Å². The monoisotopic (exact) mass is 302 g/mol. The first kappa shape index (κ1) is 15.5. The summed E-state index contributed by atoms with van der Waals surface area (Å²) in [4.78, 5) is 16.1. The van der Waals surface area contributed by atoms with Gasteiger partial charge in [-0.15, -0.1) is 0 Å². The second-order valence-corrected chi connectivity index (χ2v) is 5.78. The third-order valence-electron chi connectivity index (χ3n) is 3.46. The summed E-state index contributed by atoms with van der Waals surface area (Å²) in [6.07, 6.45) is 3.04. The van der Waals surface area contributed by atoms with Crippen molar-refractivity contribution >= 4 is 17.5 Å². The summed E-state index contributed by atoms with van der Waals surface area (Å²) in [6.45, 7) is 6.27. The van der Waals surface area contributed by atoms with E-state index in [9.17, 15) is 4.79 Å². The fourth-order valence-corrected chi connectivity index (χ4v) is 2.26. The molecule has 1 N–H and O–H groups in total. The molecule has 1 aromatic heterocycles. The molecule has 3 nitrogen and oxygen atoms in total. The average Bonchev–Trinajstić information content (AvgIpc) is 2.47. The van der Waals surface area contributed by atoms with Gasteiger partial charge >= 0.3 is 0 Å². The van der Waals surface area contributed by atoms with Crippen LogP contribution in [0.5, 0.6) is 0 Å². The molecule has 0 bridgehead atoms. The molecule has 21 heavy (non-hydrogen) atoms. The van der Waals surface area contributed by atoms with Gasteiger partial charge in [0.25, 0.3) is 5.91 Å². The highest BCUT2D eigenvalue weighted by Crippen LogP contribution is 2.20. The van der Waals surface area contributed by atoms with Gasteiger partial charge in [-0.2, -0.15) is 0 Å². The van der Waals surface area contributed by atoms with Crippen LogP contribution in [0.4, 0.5) is 0 Å². The second kappa shape index (κ2) is 6.72. The first-order chi connectivity index (χ1) is 9.99. The van der Waals surface area contributed by atoms with Gasteiger partial charge in [-0.25, -0.2) is 0 Å². The Bertz CT molecular complexity index is 623. The Balaban J connectivity index is 2.09. The van der Waals surface area contributed by atoms with Gasteiger partial charge in [0.2, 0.25) is 0 Å². The Morgan fingerprint density at radius 2 is 1.71 bits per heavy atom. The summed E-state index contributed by atoms with van der Waals surface area (Å²) in [7, 11) is 0. The van der Waals surface area contributed by atoms with Gasteiger partial charge in [0, 0.05) is 12.4 Å². The van der Waals surface area contributed by atoms with E-state index < -0.39 is 0 Å². The normalized spacial score (nSPS) is 12.2. The summed E-state index contributed by atoms with van der Waals surface area (Å²) >= 11 is 6.00. The molecular weight excluding hydrogens is 284 g/mol. The van der Waals surface area contributed by atoms with Crippen molar-refractivity contribution in [1.82, 2.24) is 10.3 Å². The van der Waals surface area contributed by atoms with Crippen LogP contribution in [0.2, 0.25) is 5.02 Å². The van der Waals surface area contributed by atoms with E-state index in [1.54, 1.807) is 12.3 Å². The zero-order valence-corrected chi connectivity index (χ0v) is 13.2. The summed E-state index contributed by atoms with van der Waals surface area (Å²) in [5.41, 5.74) is 2.74. The molecule has 0 spiro atoms. The predicted octanol–water partition coefficient (Wildman–Crippen LogP) is 4.35. The van der Waals surface area contributed by atoms with Crippen LogP contribution in [-0.2, 0) is 0 Å². The number of halogens is 1. The van der Waals surface area contributed by atoms with Crippen LogP contribution < -0.4 is 5.32 Å². The van der Waals surface area contributed by atoms with E-state index in [1.165, 1.54) is 11.8 Å². The largest absolute Gasteiger partial charge is 0.345 e. The van der Waals surface area contributed by atoms with Gasteiger partial charge in [-0.1, -0.05) is 49.7 Å². The second-order valence-electron chi connectivity index (χ2n) is 5.37. The van der Waals surface area contributed by atoms with Gasteiger partial charge in [0.1, 0.15) is 0 Å². The zero-order chi connectivity index (χ0) is 15.4. The number of aromatic nitrogens is 1. The SMILES string of the molecule is CC(C)c1ccc(C(C)NC(=O)c2cnccc2Cl)cc1. The number of carbonyl (C=O) groups excluding carboxylic acids is 1. The van der Waals surface area contributed by atoms with Crippen molar-refractivity contribution in [2.24, 2.45) is 0 Å². The van der Waals surface area contributed by atoms with Gasteiger partial charge in [0.15, 0.2) is 0 Å². The van der Waals surface area contributed by atoms with E-state index in [0.29, 0.717) is 16.5 Å². The van der Waals surface area contributed by atoms with E-state index in [-0.39, 0.29) is 11.9 Å². The molecule has 110 valence electrons. The van der Waals surface area contributed by atoms with Crippen molar-refractivity contribution < 1.29 is 4.79 Å². The molecule has 0 fully saturated rings. The molecule has 1 heterocycles. The summed E-state index contributed by atoms with van der Waals surface area (Å²) < 4.78 is 0. The molecule has 0 aliphatic rings. The summed E-state index contributed by atoms with van der Waals surface area (Å²) in [6, 6.07) is 9.81. The lowest BCUT2D eigenvalue weighted by molar-refractivity contribution is 0.0939. The minimum Gasteiger partial charge on any atom is -0.345 e. The van der Waals surface area contributed by atoms with E-state index in [4.69, 9.17) is 11.6 Å². The van der Waals surface area contributed by atoms with Crippen molar-refractivity contribution in [3.05, 3.63) is 64.4 Å². The lowest BCUT2D eigenvalue weighted by Gasteiger charge is -2.16.